The summed E-state index contributed by atoms with van der Waals surface area (Å²) in [6.07, 6.45) is 1.76. The third-order valence-corrected chi connectivity index (χ3v) is 5.78. The van der Waals surface area contributed by atoms with Crippen molar-refractivity contribution in [2.75, 3.05) is 19.7 Å². The lowest BCUT2D eigenvalue weighted by Crippen LogP contribution is -2.43. The summed E-state index contributed by atoms with van der Waals surface area (Å²) >= 11 is 0. The quantitative estimate of drug-likeness (QED) is 0.897. The Labute approximate surface area is 127 Å². The maximum absolute atomic E-state index is 12.7. The molecule has 2 N–H and O–H groups in total. The van der Waals surface area contributed by atoms with Gasteiger partial charge >= 0.3 is 0 Å². The van der Waals surface area contributed by atoms with Crippen LogP contribution in [0.4, 0.5) is 0 Å². The number of nitrogens with zero attached hydrogens (tertiary/aromatic N) is 1. The average Bonchev–Trinajstić information content (AvgIpc) is 2.48. The van der Waals surface area contributed by atoms with Crippen LogP contribution in [0.3, 0.4) is 0 Å². The van der Waals surface area contributed by atoms with Crippen molar-refractivity contribution in [3.05, 3.63) is 29.3 Å². The number of piperidine rings is 1. The predicted octanol–water partition coefficient (Wildman–Crippen LogP) is 1.64. The van der Waals surface area contributed by atoms with Gasteiger partial charge in [-0.15, -0.1) is 0 Å². The van der Waals surface area contributed by atoms with Crippen molar-refractivity contribution in [1.82, 2.24) is 4.31 Å². The summed E-state index contributed by atoms with van der Waals surface area (Å²) in [6, 6.07) is 5.16. The summed E-state index contributed by atoms with van der Waals surface area (Å²) in [5.41, 5.74) is 7.51. The standard InChI is InChI=1S/C15H24N2O3S/c1-3-20-14-5-4-8-17(11-14)21(18,19)15-7-6-13(10-16)12(2)9-15/h6-7,9,14H,3-5,8,10-11,16H2,1-2H3. The van der Waals surface area contributed by atoms with E-state index in [2.05, 4.69) is 0 Å². The lowest BCUT2D eigenvalue weighted by molar-refractivity contribution is 0.0265. The first-order valence-corrected chi connectivity index (χ1v) is 8.84. The summed E-state index contributed by atoms with van der Waals surface area (Å²) < 4.78 is 32.6. The first kappa shape index (κ1) is 16.4. The maximum atomic E-state index is 12.7. The van der Waals surface area contributed by atoms with Crippen LogP contribution in [-0.4, -0.2) is 38.5 Å². The smallest absolute Gasteiger partial charge is 0.243 e. The third kappa shape index (κ3) is 3.63. The Morgan fingerprint density at radius 2 is 2.19 bits per heavy atom. The second-order valence-electron chi connectivity index (χ2n) is 5.38. The molecule has 0 aliphatic carbocycles. The van der Waals surface area contributed by atoms with Gasteiger partial charge in [-0.2, -0.15) is 4.31 Å². The Balaban J connectivity index is 2.23. The Morgan fingerprint density at radius 3 is 2.81 bits per heavy atom. The van der Waals surface area contributed by atoms with Gasteiger partial charge in [0.2, 0.25) is 10.0 Å². The van der Waals surface area contributed by atoms with Crippen molar-refractivity contribution < 1.29 is 13.2 Å². The van der Waals surface area contributed by atoms with E-state index in [1.165, 1.54) is 4.31 Å². The Morgan fingerprint density at radius 1 is 1.43 bits per heavy atom. The highest BCUT2D eigenvalue weighted by Gasteiger charge is 2.30. The zero-order valence-electron chi connectivity index (χ0n) is 12.7. The largest absolute Gasteiger partial charge is 0.377 e. The first-order chi connectivity index (χ1) is 9.98. The molecule has 0 saturated carbocycles. The number of sulfonamides is 1. The average molecular weight is 312 g/mol. The highest BCUT2D eigenvalue weighted by atomic mass is 32.2. The van der Waals surface area contributed by atoms with Gasteiger partial charge in [0, 0.05) is 26.2 Å². The van der Waals surface area contributed by atoms with Crippen LogP contribution in [0, 0.1) is 6.92 Å². The Hall–Kier alpha value is -0.950. The molecule has 0 bridgehead atoms. The van der Waals surface area contributed by atoms with Gasteiger partial charge in [0.15, 0.2) is 0 Å². The predicted molar refractivity (Wildman–Crippen MR) is 82.5 cm³/mol. The fourth-order valence-electron chi connectivity index (χ4n) is 2.70. The maximum Gasteiger partial charge on any atom is 0.243 e. The van der Waals surface area contributed by atoms with Crippen molar-refractivity contribution >= 4 is 10.0 Å². The van der Waals surface area contributed by atoms with Crippen LogP contribution >= 0.6 is 0 Å². The SMILES string of the molecule is CCOC1CCCN(S(=O)(=O)c2ccc(CN)c(C)c2)C1. The summed E-state index contributed by atoms with van der Waals surface area (Å²) in [6.45, 7) is 5.85. The lowest BCUT2D eigenvalue weighted by Gasteiger charge is -2.31. The van der Waals surface area contributed by atoms with E-state index in [0.29, 0.717) is 31.1 Å². The Bertz CT molecular complexity index is 585. The van der Waals surface area contributed by atoms with E-state index in [0.717, 1.165) is 24.0 Å². The molecule has 1 aromatic carbocycles. The first-order valence-electron chi connectivity index (χ1n) is 7.40. The number of benzene rings is 1. The van der Waals surface area contributed by atoms with Gasteiger partial charge in [0.1, 0.15) is 0 Å². The molecule has 118 valence electrons. The summed E-state index contributed by atoms with van der Waals surface area (Å²) in [4.78, 5) is 0.342. The summed E-state index contributed by atoms with van der Waals surface area (Å²) in [7, 11) is -3.45. The minimum atomic E-state index is -3.45. The highest BCUT2D eigenvalue weighted by Crippen LogP contribution is 2.23. The van der Waals surface area contributed by atoms with Crippen molar-refractivity contribution in [3.63, 3.8) is 0 Å². The monoisotopic (exact) mass is 312 g/mol. The second-order valence-corrected chi connectivity index (χ2v) is 7.31. The summed E-state index contributed by atoms with van der Waals surface area (Å²) in [5, 5.41) is 0. The van der Waals surface area contributed by atoms with Crippen LogP contribution in [0.5, 0.6) is 0 Å². The molecule has 1 heterocycles. The van der Waals surface area contributed by atoms with Crippen LogP contribution < -0.4 is 5.73 Å². The van der Waals surface area contributed by atoms with E-state index >= 15 is 0 Å². The third-order valence-electron chi connectivity index (χ3n) is 3.92. The van der Waals surface area contributed by atoms with E-state index in [-0.39, 0.29) is 6.10 Å². The van der Waals surface area contributed by atoms with E-state index < -0.39 is 10.0 Å². The number of ether oxygens (including phenoxy) is 1. The van der Waals surface area contributed by atoms with E-state index in [1.54, 1.807) is 18.2 Å². The minimum Gasteiger partial charge on any atom is -0.377 e. The second kappa shape index (κ2) is 6.87. The van der Waals surface area contributed by atoms with E-state index in [9.17, 15) is 8.42 Å². The molecule has 1 fully saturated rings. The minimum absolute atomic E-state index is 0.00272. The molecule has 0 radical (unpaired) electrons. The van der Waals surface area contributed by atoms with Gasteiger partial charge in [-0.05, 0) is 49.9 Å². The molecule has 0 spiro atoms. The summed E-state index contributed by atoms with van der Waals surface area (Å²) in [5.74, 6) is 0. The van der Waals surface area contributed by atoms with Crippen LogP contribution in [0.1, 0.15) is 30.9 Å². The molecule has 5 nitrogen and oxygen atoms in total. The number of aryl methyl sites for hydroxylation is 1. The molecule has 6 heteroatoms. The molecule has 1 aromatic rings. The van der Waals surface area contributed by atoms with E-state index in [4.69, 9.17) is 10.5 Å². The van der Waals surface area contributed by atoms with Crippen LogP contribution in [0.15, 0.2) is 23.1 Å². The molecular formula is C15H24N2O3S. The molecule has 1 aliphatic heterocycles. The van der Waals surface area contributed by atoms with Gasteiger partial charge < -0.3 is 10.5 Å². The zero-order chi connectivity index (χ0) is 15.5. The van der Waals surface area contributed by atoms with Gasteiger partial charge in [-0.25, -0.2) is 8.42 Å². The van der Waals surface area contributed by atoms with Crippen LogP contribution in [-0.2, 0) is 21.3 Å². The molecule has 2 rings (SSSR count). The number of rotatable bonds is 5. The van der Waals surface area contributed by atoms with E-state index in [1.807, 2.05) is 13.8 Å². The number of hydrogen-bond acceptors (Lipinski definition) is 4. The molecule has 21 heavy (non-hydrogen) atoms. The van der Waals surface area contributed by atoms with Crippen molar-refractivity contribution in [1.29, 1.82) is 0 Å². The normalized spacial score (nSPS) is 20.6. The molecule has 1 unspecified atom stereocenters. The van der Waals surface area contributed by atoms with Gasteiger partial charge in [0.25, 0.3) is 0 Å². The van der Waals surface area contributed by atoms with Gasteiger partial charge in [-0.3, -0.25) is 0 Å². The molecule has 1 saturated heterocycles. The van der Waals surface area contributed by atoms with Gasteiger partial charge in [0.05, 0.1) is 11.0 Å². The van der Waals surface area contributed by atoms with Crippen molar-refractivity contribution in [2.24, 2.45) is 5.73 Å². The molecule has 1 atom stereocenters. The topological polar surface area (TPSA) is 72.6 Å². The zero-order valence-corrected chi connectivity index (χ0v) is 13.5. The fraction of sp³-hybridized carbons (Fsp3) is 0.600. The van der Waals surface area contributed by atoms with Gasteiger partial charge in [-0.1, -0.05) is 6.07 Å². The highest BCUT2D eigenvalue weighted by molar-refractivity contribution is 7.89. The molecule has 0 aromatic heterocycles. The number of nitrogens with two attached hydrogens (primary N) is 1. The molecule has 1 aliphatic rings. The Kier molecular flexibility index (Phi) is 5.37. The van der Waals surface area contributed by atoms with Crippen molar-refractivity contribution in [3.8, 4) is 0 Å². The lowest BCUT2D eigenvalue weighted by atomic mass is 10.1. The fourth-order valence-corrected chi connectivity index (χ4v) is 4.30. The number of hydrogen-bond donors (Lipinski definition) is 1. The molecular weight excluding hydrogens is 288 g/mol. The van der Waals surface area contributed by atoms with Crippen LogP contribution in [0.2, 0.25) is 0 Å². The molecule has 0 amide bonds. The van der Waals surface area contributed by atoms with Crippen LogP contribution in [0.25, 0.3) is 0 Å². The van der Waals surface area contributed by atoms with Crippen molar-refractivity contribution in [2.45, 2.75) is 44.2 Å².